The smallest absolute Gasteiger partial charge is 0.149 e. The highest BCUT2D eigenvalue weighted by atomic mass is 15.2. The van der Waals surface area contributed by atoms with Crippen LogP contribution in [0.2, 0.25) is 0 Å². The molecule has 14 heavy (non-hydrogen) atoms. The average molecular weight is 193 g/mol. The number of nitrogens with one attached hydrogen (secondary N) is 1. The molecule has 0 saturated heterocycles. The Bertz CT molecular complexity index is 285. The molecular weight excluding hydrogens is 174 g/mol. The number of hydrogen-bond donors (Lipinski definition) is 1. The fourth-order valence-electron chi connectivity index (χ4n) is 0.876. The average Bonchev–Trinajstić information content (AvgIpc) is 2.03. The van der Waals surface area contributed by atoms with E-state index in [9.17, 15) is 0 Å². The zero-order valence-electron chi connectivity index (χ0n) is 9.63. The molecule has 0 amide bonds. The van der Waals surface area contributed by atoms with Gasteiger partial charge in [-0.05, 0) is 31.4 Å². The van der Waals surface area contributed by atoms with Crippen LogP contribution in [0.15, 0.2) is 18.3 Å². The van der Waals surface area contributed by atoms with Gasteiger partial charge < -0.3 is 5.32 Å². The number of rotatable bonds is 2. The van der Waals surface area contributed by atoms with Crippen molar-refractivity contribution in [3.05, 3.63) is 18.3 Å². The maximum atomic E-state index is 4.02. The monoisotopic (exact) mass is 193 g/mol. The minimum atomic E-state index is -0.0109. The third-order valence-corrected chi connectivity index (χ3v) is 2.89. The molecule has 0 unspecified atom stereocenters. The van der Waals surface area contributed by atoms with Crippen LogP contribution in [0.5, 0.6) is 0 Å². The third kappa shape index (κ3) is 2.44. The summed E-state index contributed by atoms with van der Waals surface area (Å²) < 4.78 is 0. The topological polar surface area (TPSA) is 37.8 Å². The molecule has 0 atom stereocenters. The number of anilines is 1. The zero-order valence-corrected chi connectivity index (χ0v) is 9.63. The van der Waals surface area contributed by atoms with Crippen molar-refractivity contribution in [3.8, 4) is 0 Å². The first-order valence-corrected chi connectivity index (χ1v) is 4.89. The quantitative estimate of drug-likeness (QED) is 0.784. The van der Waals surface area contributed by atoms with Crippen LogP contribution in [0.1, 0.15) is 34.6 Å². The Kier molecular flexibility index (Phi) is 2.79. The molecule has 0 aromatic carbocycles. The largest absolute Gasteiger partial charge is 0.363 e. The lowest BCUT2D eigenvalue weighted by molar-refractivity contribution is 0.253. The molecule has 1 N–H and O–H groups in total. The molecule has 0 bridgehead atoms. The van der Waals surface area contributed by atoms with Gasteiger partial charge in [-0.3, -0.25) is 0 Å². The van der Waals surface area contributed by atoms with E-state index in [0.717, 1.165) is 5.82 Å². The van der Waals surface area contributed by atoms with Crippen molar-refractivity contribution in [1.29, 1.82) is 0 Å². The second-order valence-electron chi connectivity index (χ2n) is 5.11. The number of nitrogens with zero attached hydrogens (tertiary/aromatic N) is 2. The molecule has 0 spiro atoms. The molecule has 0 aliphatic carbocycles. The summed E-state index contributed by atoms with van der Waals surface area (Å²) in [6, 6.07) is 3.81. The molecule has 78 valence electrons. The number of hydrogen-bond acceptors (Lipinski definition) is 3. The summed E-state index contributed by atoms with van der Waals surface area (Å²) in [7, 11) is 0. The maximum Gasteiger partial charge on any atom is 0.149 e. The van der Waals surface area contributed by atoms with Gasteiger partial charge in [-0.15, -0.1) is 5.10 Å². The Morgan fingerprint density at radius 3 is 2.21 bits per heavy atom. The second-order valence-corrected chi connectivity index (χ2v) is 5.11. The molecule has 1 heterocycles. The summed E-state index contributed by atoms with van der Waals surface area (Å²) in [4.78, 5) is 0. The molecule has 0 radical (unpaired) electrons. The Balaban J connectivity index is 2.79. The van der Waals surface area contributed by atoms with Gasteiger partial charge in [0.2, 0.25) is 0 Å². The van der Waals surface area contributed by atoms with E-state index in [4.69, 9.17) is 0 Å². The lowest BCUT2D eigenvalue weighted by Crippen LogP contribution is -2.44. The first-order valence-electron chi connectivity index (χ1n) is 4.89. The fourth-order valence-corrected chi connectivity index (χ4v) is 0.876. The van der Waals surface area contributed by atoms with Crippen LogP contribution in [-0.4, -0.2) is 15.7 Å². The van der Waals surface area contributed by atoms with Gasteiger partial charge in [0.25, 0.3) is 0 Å². The summed E-state index contributed by atoms with van der Waals surface area (Å²) in [5.74, 6) is 0.826. The van der Waals surface area contributed by atoms with Crippen molar-refractivity contribution >= 4 is 5.82 Å². The predicted octanol–water partition coefficient (Wildman–Crippen LogP) is 2.71. The van der Waals surface area contributed by atoms with Crippen molar-refractivity contribution < 1.29 is 0 Å². The molecule has 1 aromatic heterocycles. The summed E-state index contributed by atoms with van der Waals surface area (Å²) >= 11 is 0. The first-order chi connectivity index (χ1) is 6.33. The van der Waals surface area contributed by atoms with Crippen LogP contribution in [0.4, 0.5) is 5.82 Å². The van der Waals surface area contributed by atoms with Crippen LogP contribution in [-0.2, 0) is 0 Å². The minimum absolute atomic E-state index is 0.0109. The van der Waals surface area contributed by atoms with Gasteiger partial charge in [0, 0.05) is 11.7 Å². The Labute approximate surface area is 85.9 Å². The summed E-state index contributed by atoms with van der Waals surface area (Å²) in [5.41, 5.74) is 0.160. The summed E-state index contributed by atoms with van der Waals surface area (Å²) in [5, 5.41) is 11.2. The van der Waals surface area contributed by atoms with E-state index in [1.54, 1.807) is 6.20 Å². The SMILES string of the molecule is CC(C)(C)C(C)(C)Nc1cccnn1. The third-order valence-electron chi connectivity index (χ3n) is 2.89. The Morgan fingerprint density at radius 1 is 1.14 bits per heavy atom. The standard InChI is InChI=1S/C11H19N3/c1-10(2,3)11(4,5)13-9-7-6-8-12-14-9/h6-8H,1-5H3,(H,13,14). The van der Waals surface area contributed by atoms with Crippen LogP contribution in [0, 0.1) is 5.41 Å². The molecule has 1 aromatic rings. The van der Waals surface area contributed by atoms with E-state index in [2.05, 4.69) is 50.1 Å². The van der Waals surface area contributed by atoms with Gasteiger partial charge in [0.05, 0.1) is 0 Å². The van der Waals surface area contributed by atoms with E-state index in [-0.39, 0.29) is 11.0 Å². The predicted molar refractivity (Wildman–Crippen MR) is 59.2 cm³/mol. The van der Waals surface area contributed by atoms with E-state index in [1.807, 2.05) is 12.1 Å². The Hall–Kier alpha value is -1.12. The molecule has 0 saturated carbocycles. The first kappa shape index (κ1) is 11.0. The van der Waals surface area contributed by atoms with E-state index < -0.39 is 0 Å². The van der Waals surface area contributed by atoms with Crippen molar-refractivity contribution in [1.82, 2.24) is 10.2 Å². The lowest BCUT2D eigenvalue weighted by Gasteiger charge is -2.39. The van der Waals surface area contributed by atoms with Gasteiger partial charge in [-0.25, -0.2) is 0 Å². The van der Waals surface area contributed by atoms with Crippen molar-refractivity contribution in [2.24, 2.45) is 5.41 Å². The zero-order chi connectivity index (χ0) is 10.8. The van der Waals surface area contributed by atoms with Gasteiger partial charge in [0.1, 0.15) is 5.82 Å². The highest BCUT2D eigenvalue weighted by Crippen LogP contribution is 2.31. The van der Waals surface area contributed by atoms with Gasteiger partial charge in [-0.1, -0.05) is 20.8 Å². The van der Waals surface area contributed by atoms with Gasteiger partial charge in [-0.2, -0.15) is 5.10 Å². The molecule has 0 aliphatic heterocycles. The molecular formula is C11H19N3. The molecule has 3 nitrogen and oxygen atoms in total. The second kappa shape index (κ2) is 3.56. The highest BCUT2D eigenvalue weighted by Gasteiger charge is 2.32. The minimum Gasteiger partial charge on any atom is -0.363 e. The molecule has 0 aliphatic rings. The Morgan fingerprint density at radius 2 is 1.79 bits per heavy atom. The maximum absolute atomic E-state index is 4.02. The summed E-state index contributed by atoms with van der Waals surface area (Å²) in [6.45, 7) is 11.0. The van der Waals surface area contributed by atoms with Crippen LogP contribution < -0.4 is 5.32 Å². The van der Waals surface area contributed by atoms with Crippen LogP contribution in [0.3, 0.4) is 0 Å². The van der Waals surface area contributed by atoms with Gasteiger partial charge >= 0.3 is 0 Å². The molecule has 1 rings (SSSR count). The number of aromatic nitrogens is 2. The molecule has 3 heteroatoms. The lowest BCUT2D eigenvalue weighted by atomic mass is 9.76. The van der Waals surface area contributed by atoms with Crippen molar-refractivity contribution in [2.75, 3.05) is 5.32 Å². The van der Waals surface area contributed by atoms with Crippen LogP contribution >= 0.6 is 0 Å². The summed E-state index contributed by atoms with van der Waals surface area (Å²) in [6.07, 6.45) is 1.68. The van der Waals surface area contributed by atoms with E-state index in [1.165, 1.54) is 0 Å². The van der Waals surface area contributed by atoms with E-state index in [0.29, 0.717) is 0 Å². The van der Waals surface area contributed by atoms with Crippen molar-refractivity contribution in [3.63, 3.8) is 0 Å². The van der Waals surface area contributed by atoms with E-state index >= 15 is 0 Å². The van der Waals surface area contributed by atoms with Gasteiger partial charge in [0.15, 0.2) is 0 Å². The van der Waals surface area contributed by atoms with Crippen LogP contribution in [0.25, 0.3) is 0 Å². The van der Waals surface area contributed by atoms with Crippen molar-refractivity contribution in [2.45, 2.75) is 40.2 Å². The highest BCUT2D eigenvalue weighted by molar-refractivity contribution is 5.35. The normalized spacial score (nSPS) is 12.6. The molecule has 0 fully saturated rings. The fraction of sp³-hybridized carbons (Fsp3) is 0.636.